The fraction of sp³-hybridized carbons (Fsp3) is 0.545. The molecule has 1 aromatic carbocycles. The molecule has 11 nitrogen and oxygen atoms in total. The summed E-state index contributed by atoms with van der Waals surface area (Å²) in [4.78, 5) is 61.0. The Morgan fingerprint density at radius 3 is 2.61 bits per heavy atom. The molecule has 2 fully saturated rings. The third kappa shape index (κ3) is 5.29. The van der Waals surface area contributed by atoms with Gasteiger partial charge in [-0.3, -0.25) is 29.4 Å². The van der Waals surface area contributed by atoms with Crippen molar-refractivity contribution >= 4 is 35.2 Å². The largest absolute Gasteiger partial charge is 0.454 e. The summed E-state index contributed by atoms with van der Waals surface area (Å²) in [6.45, 7) is 6.50. The number of nitro groups is 1. The summed E-state index contributed by atoms with van der Waals surface area (Å²) in [5.41, 5.74) is -0.460. The van der Waals surface area contributed by atoms with Crippen LogP contribution < -0.4 is 10.6 Å². The Kier molecular flexibility index (Phi) is 6.44. The van der Waals surface area contributed by atoms with Crippen molar-refractivity contribution in [2.45, 2.75) is 52.5 Å². The molecule has 1 spiro atoms. The van der Waals surface area contributed by atoms with Gasteiger partial charge in [-0.1, -0.05) is 20.8 Å². The maximum atomic E-state index is 13.1. The SMILES string of the molecule is Cc1cc([N+](=O)[O-])ccc1NC(=O)COC(=O)CN1C(=O)NC2(CC(C)CC(C)(C)C2)C1=O. The first-order valence-electron chi connectivity index (χ1n) is 10.7. The van der Waals surface area contributed by atoms with Crippen LogP contribution in [0, 0.1) is 28.4 Å². The number of aryl methyl sites for hydroxylation is 1. The first kappa shape index (κ1) is 24.1. The predicted molar refractivity (Wildman–Crippen MR) is 117 cm³/mol. The first-order valence-corrected chi connectivity index (χ1v) is 10.7. The van der Waals surface area contributed by atoms with Crippen LogP contribution in [0.4, 0.5) is 16.2 Å². The number of imide groups is 1. The van der Waals surface area contributed by atoms with Gasteiger partial charge in [0.1, 0.15) is 12.1 Å². The lowest BCUT2D eigenvalue weighted by Gasteiger charge is -2.43. The van der Waals surface area contributed by atoms with E-state index in [1.165, 1.54) is 18.2 Å². The van der Waals surface area contributed by atoms with Crippen LogP contribution in [0.1, 0.15) is 45.6 Å². The fourth-order valence-electron chi connectivity index (χ4n) is 5.06. The number of hydrogen-bond acceptors (Lipinski definition) is 7. The smallest absolute Gasteiger partial charge is 0.326 e. The zero-order chi connectivity index (χ0) is 24.6. The molecule has 2 aliphatic rings. The van der Waals surface area contributed by atoms with Crippen LogP contribution in [0.25, 0.3) is 0 Å². The lowest BCUT2D eigenvalue weighted by Crippen LogP contribution is -2.54. The van der Waals surface area contributed by atoms with Crippen molar-refractivity contribution in [1.29, 1.82) is 0 Å². The molecule has 2 atom stereocenters. The van der Waals surface area contributed by atoms with E-state index in [0.717, 1.165) is 11.3 Å². The van der Waals surface area contributed by atoms with E-state index in [9.17, 15) is 29.3 Å². The van der Waals surface area contributed by atoms with Crippen molar-refractivity contribution in [3.05, 3.63) is 33.9 Å². The number of non-ortho nitro benzene ring substituents is 1. The number of nitrogens with one attached hydrogen (secondary N) is 2. The van der Waals surface area contributed by atoms with Crippen molar-refractivity contribution < 1.29 is 28.8 Å². The van der Waals surface area contributed by atoms with E-state index in [1.807, 2.05) is 20.8 Å². The van der Waals surface area contributed by atoms with Gasteiger partial charge in [0.25, 0.3) is 17.5 Å². The Morgan fingerprint density at radius 2 is 2.00 bits per heavy atom. The standard InChI is InChI=1S/C22H28N4O7/c1-13-8-21(3,4)12-22(9-13)19(29)25(20(30)24-22)10-18(28)33-11-17(27)23-16-6-5-15(26(31)32)7-14(16)2/h5-7,13H,8-12H2,1-4H3,(H,23,27)(H,24,30). The molecule has 4 amide bonds. The average Bonchev–Trinajstić information content (AvgIpc) is 2.89. The average molecular weight is 460 g/mol. The molecule has 0 aromatic heterocycles. The Balaban J connectivity index is 1.55. The van der Waals surface area contributed by atoms with Crippen LogP contribution in [-0.2, 0) is 19.1 Å². The quantitative estimate of drug-likeness (QED) is 0.287. The van der Waals surface area contributed by atoms with Crippen LogP contribution in [0.2, 0.25) is 0 Å². The number of rotatable bonds is 6. The summed E-state index contributed by atoms with van der Waals surface area (Å²) >= 11 is 0. The summed E-state index contributed by atoms with van der Waals surface area (Å²) in [5.74, 6) is -1.77. The highest BCUT2D eigenvalue weighted by molar-refractivity contribution is 6.09. The van der Waals surface area contributed by atoms with Gasteiger partial charge in [0.2, 0.25) is 0 Å². The predicted octanol–water partition coefficient (Wildman–Crippen LogP) is 2.52. The molecule has 1 heterocycles. The van der Waals surface area contributed by atoms with E-state index in [0.29, 0.717) is 24.1 Å². The minimum atomic E-state index is -1.02. The normalized spacial score (nSPS) is 23.9. The summed E-state index contributed by atoms with van der Waals surface area (Å²) in [6, 6.07) is 3.29. The van der Waals surface area contributed by atoms with Gasteiger partial charge in [-0.2, -0.15) is 0 Å². The fourth-order valence-corrected chi connectivity index (χ4v) is 5.06. The molecule has 11 heteroatoms. The molecule has 2 unspecified atom stereocenters. The molecular formula is C22H28N4O7. The summed E-state index contributed by atoms with van der Waals surface area (Å²) in [7, 11) is 0. The zero-order valence-electron chi connectivity index (χ0n) is 19.1. The van der Waals surface area contributed by atoms with Gasteiger partial charge < -0.3 is 15.4 Å². The molecule has 0 bridgehead atoms. The maximum absolute atomic E-state index is 13.1. The number of carbonyl (C=O) groups excluding carboxylic acids is 4. The van der Waals surface area contributed by atoms with E-state index in [1.54, 1.807) is 6.92 Å². The van der Waals surface area contributed by atoms with Gasteiger partial charge in [-0.05, 0) is 49.1 Å². The second-order valence-corrected chi connectivity index (χ2v) is 9.72. The van der Waals surface area contributed by atoms with Crippen LogP contribution in [0.3, 0.4) is 0 Å². The molecule has 33 heavy (non-hydrogen) atoms. The van der Waals surface area contributed by atoms with Crippen LogP contribution in [0.5, 0.6) is 0 Å². The molecule has 0 radical (unpaired) electrons. The topological polar surface area (TPSA) is 148 Å². The van der Waals surface area contributed by atoms with Crippen LogP contribution >= 0.6 is 0 Å². The Hall–Kier alpha value is -3.50. The molecule has 1 aromatic rings. The second kappa shape index (κ2) is 8.80. The molecule has 1 saturated heterocycles. The van der Waals surface area contributed by atoms with Crippen LogP contribution in [0.15, 0.2) is 18.2 Å². The van der Waals surface area contributed by atoms with Crippen molar-refractivity contribution in [1.82, 2.24) is 10.2 Å². The summed E-state index contributed by atoms with van der Waals surface area (Å²) < 4.78 is 4.94. The van der Waals surface area contributed by atoms with Gasteiger partial charge in [-0.25, -0.2) is 4.79 Å². The number of esters is 1. The number of nitrogens with zero attached hydrogens (tertiary/aromatic N) is 2. The van der Waals surface area contributed by atoms with Gasteiger partial charge in [0.15, 0.2) is 6.61 Å². The molecule has 2 N–H and O–H groups in total. The summed E-state index contributed by atoms with van der Waals surface area (Å²) in [5, 5.41) is 16.1. The minimum absolute atomic E-state index is 0.112. The number of amides is 4. The third-order valence-electron chi connectivity index (χ3n) is 5.97. The van der Waals surface area contributed by atoms with E-state index in [4.69, 9.17) is 4.74 Å². The lowest BCUT2D eigenvalue weighted by molar-refractivity contribution is -0.384. The van der Waals surface area contributed by atoms with Crippen molar-refractivity contribution in [2.24, 2.45) is 11.3 Å². The maximum Gasteiger partial charge on any atom is 0.326 e. The number of urea groups is 1. The monoisotopic (exact) mass is 460 g/mol. The number of carbonyl (C=O) groups is 4. The number of hydrogen-bond donors (Lipinski definition) is 2. The van der Waals surface area contributed by atoms with Gasteiger partial charge in [-0.15, -0.1) is 0 Å². The van der Waals surface area contributed by atoms with E-state index < -0.39 is 47.4 Å². The van der Waals surface area contributed by atoms with E-state index in [2.05, 4.69) is 10.6 Å². The van der Waals surface area contributed by atoms with E-state index >= 15 is 0 Å². The Bertz CT molecular complexity index is 1020. The molecular weight excluding hydrogens is 432 g/mol. The molecule has 3 rings (SSSR count). The molecule has 1 aliphatic heterocycles. The number of anilines is 1. The zero-order valence-corrected chi connectivity index (χ0v) is 19.1. The second-order valence-electron chi connectivity index (χ2n) is 9.72. The molecule has 1 aliphatic carbocycles. The number of benzene rings is 1. The highest BCUT2D eigenvalue weighted by Crippen LogP contribution is 2.46. The van der Waals surface area contributed by atoms with Crippen molar-refractivity contribution in [2.75, 3.05) is 18.5 Å². The summed E-state index contributed by atoms with van der Waals surface area (Å²) in [6.07, 6.45) is 1.92. The van der Waals surface area contributed by atoms with Gasteiger partial charge in [0.05, 0.1) is 4.92 Å². The molecule has 1 saturated carbocycles. The first-order chi connectivity index (χ1) is 15.3. The van der Waals surface area contributed by atoms with Crippen LogP contribution in [-0.4, -0.2) is 52.3 Å². The lowest BCUT2D eigenvalue weighted by atomic mass is 9.64. The number of ether oxygens (including phenoxy) is 1. The Labute approximate surface area is 191 Å². The van der Waals surface area contributed by atoms with Gasteiger partial charge in [0, 0.05) is 17.8 Å². The third-order valence-corrected chi connectivity index (χ3v) is 5.97. The number of nitro benzene ring substituents is 1. The van der Waals surface area contributed by atoms with E-state index in [-0.39, 0.29) is 17.0 Å². The highest BCUT2D eigenvalue weighted by atomic mass is 16.6. The highest BCUT2D eigenvalue weighted by Gasteiger charge is 2.56. The van der Waals surface area contributed by atoms with Crippen molar-refractivity contribution in [3.63, 3.8) is 0 Å². The van der Waals surface area contributed by atoms with Crippen molar-refractivity contribution in [3.8, 4) is 0 Å². The minimum Gasteiger partial charge on any atom is -0.454 e. The van der Waals surface area contributed by atoms with Gasteiger partial charge >= 0.3 is 12.0 Å². The molecule has 178 valence electrons. The Morgan fingerprint density at radius 1 is 1.30 bits per heavy atom.